The Hall–Kier alpha value is -1.05. The summed E-state index contributed by atoms with van der Waals surface area (Å²) in [5, 5.41) is 0. The largest absolute Gasteiger partial charge is 0.300 e. The SMILES string of the molecule is Cc1cncc([C@H]2CCCN(C3CCN(S(C)(=O)=O)CC3)C2)n1. The maximum Gasteiger partial charge on any atom is 0.211 e. The van der Waals surface area contributed by atoms with Gasteiger partial charge in [0.15, 0.2) is 0 Å². The number of rotatable bonds is 3. The Bertz CT molecular complexity index is 641. The average Bonchev–Trinajstić information content (AvgIpc) is 2.54. The Morgan fingerprint density at radius 1 is 1.13 bits per heavy atom. The summed E-state index contributed by atoms with van der Waals surface area (Å²) in [6, 6.07) is 0.494. The maximum atomic E-state index is 11.6. The molecule has 23 heavy (non-hydrogen) atoms. The highest BCUT2D eigenvalue weighted by Gasteiger charge is 2.32. The van der Waals surface area contributed by atoms with Crippen molar-refractivity contribution in [3.8, 4) is 0 Å². The van der Waals surface area contributed by atoms with Crippen molar-refractivity contribution in [2.75, 3.05) is 32.4 Å². The number of piperidine rings is 2. The first-order valence-electron chi connectivity index (χ1n) is 8.41. The summed E-state index contributed by atoms with van der Waals surface area (Å²) >= 11 is 0. The molecule has 0 unspecified atom stereocenters. The average molecular weight is 338 g/mol. The molecule has 2 aliphatic heterocycles. The molecule has 2 saturated heterocycles. The molecule has 0 aliphatic carbocycles. The highest BCUT2D eigenvalue weighted by atomic mass is 32.2. The number of sulfonamides is 1. The van der Waals surface area contributed by atoms with Crippen molar-refractivity contribution in [3.63, 3.8) is 0 Å². The molecular formula is C16H26N4O2S. The molecule has 128 valence electrons. The lowest BCUT2D eigenvalue weighted by Crippen LogP contribution is -2.49. The zero-order chi connectivity index (χ0) is 16.4. The third kappa shape index (κ3) is 4.08. The van der Waals surface area contributed by atoms with Crippen LogP contribution in [-0.4, -0.2) is 66.1 Å². The van der Waals surface area contributed by atoms with Gasteiger partial charge in [0.2, 0.25) is 10.0 Å². The van der Waals surface area contributed by atoms with E-state index in [2.05, 4.69) is 14.9 Å². The van der Waals surface area contributed by atoms with Crippen LogP contribution in [0.25, 0.3) is 0 Å². The van der Waals surface area contributed by atoms with E-state index in [0.29, 0.717) is 25.0 Å². The van der Waals surface area contributed by atoms with E-state index in [1.165, 1.54) is 12.7 Å². The fourth-order valence-corrected chi connectivity index (χ4v) is 4.67. The summed E-state index contributed by atoms with van der Waals surface area (Å²) < 4.78 is 24.9. The first kappa shape index (κ1) is 16.8. The van der Waals surface area contributed by atoms with Gasteiger partial charge in [-0.05, 0) is 39.2 Å². The summed E-state index contributed by atoms with van der Waals surface area (Å²) in [6.07, 6.45) is 9.20. The smallest absolute Gasteiger partial charge is 0.211 e. The van der Waals surface area contributed by atoms with Crippen LogP contribution < -0.4 is 0 Å². The van der Waals surface area contributed by atoms with Gasteiger partial charge in [0, 0.05) is 44.0 Å². The topological polar surface area (TPSA) is 66.4 Å². The van der Waals surface area contributed by atoms with E-state index in [1.807, 2.05) is 13.1 Å². The molecule has 0 saturated carbocycles. The van der Waals surface area contributed by atoms with Crippen molar-refractivity contribution in [2.45, 2.75) is 44.6 Å². The van der Waals surface area contributed by atoms with Gasteiger partial charge in [0.05, 0.1) is 17.6 Å². The Kier molecular flexibility index (Phi) is 4.98. The van der Waals surface area contributed by atoms with Crippen LogP contribution in [0.15, 0.2) is 12.4 Å². The highest BCUT2D eigenvalue weighted by Crippen LogP contribution is 2.29. The van der Waals surface area contributed by atoms with Gasteiger partial charge < -0.3 is 0 Å². The summed E-state index contributed by atoms with van der Waals surface area (Å²) in [6.45, 7) is 5.41. The van der Waals surface area contributed by atoms with E-state index in [4.69, 9.17) is 0 Å². The predicted molar refractivity (Wildman–Crippen MR) is 89.8 cm³/mol. The third-order valence-electron chi connectivity index (χ3n) is 5.05. The molecule has 6 nitrogen and oxygen atoms in total. The van der Waals surface area contributed by atoms with E-state index in [1.54, 1.807) is 10.5 Å². The molecule has 3 heterocycles. The maximum absolute atomic E-state index is 11.6. The molecule has 0 aromatic carbocycles. The molecule has 7 heteroatoms. The van der Waals surface area contributed by atoms with Gasteiger partial charge in [-0.3, -0.25) is 14.9 Å². The molecule has 2 aliphatic rings. The van der Waals surface area contributed by atoms with Crippen LogP contribution in [0, 0.1) is 6.92 Å². The first-order valence-corrected chi connectivity index (χ1v) is 10.3. The lowest BCUT2D eigenvalue weighted by atomic mass is 9.92. The van der Waals surface area contributed by atoms with Crippen LogP contribution in [-0.2, 0) is 10.0 Å². The second kappa shape index (κ2) is 6.83. The monoisotopic (exact) mass is 338 g/mol. The van der Waals surface area contributed by atoms with Crippen molar-refractivity contribution >= 4 is 10.0 Å². The quantitative estimate of drug-likeness (QED) is 0.833. The molecule has 1 atom stereocenters. The van der Waals surface area contributed by atoms with E-state index in [-0.39, 0.29) is 0 Å². The Balaban J connectivity index is 1.61. The summed E-state index contributed by atoms with van der Waals surface area (Å²) in [5.74, 6) is 0.448. The number of aryl methyl sites for hydroxylation is 1. The molecule has 0 radical (unpaired) electrons. The van der Waals surface area contributed by atoms with Gasteiger partial charge in [-0.25, -0.2) is 12.7 Å². The van der Waals surface area contributed by atoms with Crippen LogP contribution in [0.5, 0.6) is 0 Å². The van der Waals surface area contributed by atoms with Gasteiger partial charge in [-0.2, -0.15) is 0 Å². The van der Waals surface area contributed by atoms with Gasteiger partial charge in [-0.15, -0.1) is 0 Å². The Morgan fingerprint density at radius 3 is 2.52 bits per heavy atom. The summed E-state index contributed by atoms with van der Waals surface area (Å²) in [5.41, 5.74) is 2.07. The van der Waals surface area contributed by atoms with E-state index >= 15 is 0 Å². The summed E-state index contributed by atoms with van der Waals surface area (Å²) in [4.78, 5) is 11.5. The van der Waals surface area contributed by atoms with Gasteiger partial charge in [0.25, 0.3) is 0 Å². The zero-order valence-electron chi connectivity index (χ0n) is 14.0. The second-order valence-corrected chi connectivity index (χ2v) is 8.80. The molecule has 0 spiro atoms. The van der Waals surface area contributed by atoms with Crippen molar-refractivity contribution in [3.05, 3.63) is 23.8 Å². The molecule has 0 N–H and O–H groups in total. The normalized spacial score (nSPS) is 25.6. The zero-order valence-corrected chi connectivity index (χ0v) is 14.8. The number of likely N-dealkylation sites (tertiary alicyclic amines) is 1. The second-order valence-electron chi connectivity index (χ2n) is 6.81. The fraction of sp³-hybridized carbons (Fsp3) is 0.750. The molecule has 0 amide bonds. The first-order chi connectivity index (χ1) is 10.9. The lowest BCUT2D eigenvalue weighted by molar-refractivity contribution is 0.106. The minimum absolute atomic E-state index is 0.448. The molecule has 0 bridgehead atoms. The van der Waals surface area contributed by atoms with Crippen molar-refractivity contribution in [1.29, 1.82) is 0 Å². The van der Waals surface area contributed by atoms with Gasteiger partial charge in [-0.1, -0.05) is 0 Å². The van der Waals surface area contributed by atoms with Crippen LogP contribution in [0.1, 0.15) is 43.0 Å². The Labute approximate surface area is 139 Å². The number of hydrogen-bond donors (Lipinski definition) is 0. The Morgan fingerprint density at radius 2 is 1.87 bits per heavy atom. The van der Waals surface area contributed by atoms with Crippen molar-refractivity contribution < 1.29 is 8.42 Å². The van der Waals surface area contributed by atoms with Crippen LogP contribution >= 0.6 is 0 Å². The van der Waals surface area contributed by atoms with E-state index in [0.717, 1.165) is 43.7 Å². The van der Waals surface area contributed by atoms with Gasteiger partial charge >= 0.3 is 0 Å². The van der Waals surface area contributed by atoms with Crippen LogP contribution in [0.4, 0.5) is 0 Å². The molecular weight excluding hydrogens is 312 g/mol. The fourth-order valence-electron chi connectivity index (χ4n) is 3.80. The molecule has 1 aromatic heterocycles. The lowest BCUT2D eigenvalue weighted by Gasteiger charge is -2.41. The van der Waals surface area contributed by atoms with Crippen LogP contribution in [0.2, 0.25) is 0 Å². The van der Waals surface area contributed by atoms with E-state index in [9.17, 15) is 8.42 Å². The summed E-state index contributed by atoms with van der Waals surface area (Å²) in [7, 11) is -3.04. The molecule has 2 fully saturated rings. The predicted octanol–water partition coefficient (Wildman–Crippen LogP) is 1.39. The standard InChI is InChI=1S/C16H26N4O2S/c1-13-10-17-11-16(18-13)14-4-3-7-19(12-14)15-5-8-20(9-6-15)23(2,21)22/h10-11,14-15H,3-9,12H2,1-2H3/t14-/m0/s1. The third-order valence-corrected chi connectivity index (χ3v) is 6.36. The minimum atomic E-state index is -3.04. The van der Waals surface area contributed by atoms with Gasteiger partial charge in [0.1, 0.15) is 0 Å². The minimum Gasteiger partial charge on any atom is -0.300 e. The number of nitrogens with zero attached hydrogens (tertiary/aromatic N) is 4. The van der Waals surface area contributed by atoms with Crippen molar-refractivity contribution in [2.24, 2.45) is 0 Å². The molecule has 1 aromatic rings. The van der Waals surface area contributed by atoms with Crippen molar-refractivity contribution in [1.82, 2.24) is 19.2 Å². The number of hydrogen-bond acceptors (Lipinski definition) is 5. The highest BCUT2D eigenvalue weighted by molar-refractivity contribution is 7.88. The number of aromatic nitrogens is 2. The molecule has 3 rings (SSSR count). The van der Waals surface area contributed by atoms with Crippen LogP contribution in [0.3, 0.4) is 0 Å². The van der Waals surface area contributed by atoms with E-state index < -0.39 is 10.0 Å².